The van der Waals surface area contributed by atoms with Gasteiger partial charge in [0, 0.05) is 18.0 Å². The molecule has 2 N–H and O–H groups in total. The minimum Gasteiger partial charge on any atom is -0.477 e. The Kier molecular flexibility index (Phi) is 7.18. The Balaban J connectivity index is 2.15. The van der Waals surface area contributed by atoms with Crippen molar-refractivity contribution in [2.75, 3.05) is 18.6 Å². The Morgan fingerprint density at radius 3 is 2.73 bits per heavy atom. The maximum Gasteiger partial charge on any atom is 0.341 e. The highest BCUT2D eigenvalue weighted by Crippen LogP contribution is 2.25. The summed E-state index contributed by atoms with van der Waals surface area (Å²) in [6.07, 6.45) is 4.06. The number of hydrogen-bond acceptors (Lipinski definition) is 4. The van der Waals surface area contributed by atoms with Crippen LogP contribution in [0.15, 0.2) is 47.4 Å². The third-order valence-corrected chi connectivity index (χ3v) is 5.95. The van der Waals surface area contributed by atoms with Gasteiger partial charge in [0.1, 0.15) is 11.4 Å². The van der Waals surface area contributed by atoms with E-state index in [4.69, 9.17) is 11.6 Å². The van der Waals surface area contributed by atoms with Gasteiger partial charge in [-0.2, -0.15) is 11.8 Å². The monoisotopic (exact) mass is 449 g/mol. The molecule has 0 saturated heterocycles. The van der Waals surface area contributed by atoms with Crippen LogP contribution >= 0.6 is 23.4 Å². The zero-order valence-electron chi connectivity index (χ0n) is 16.3. The van der Waals surface area contributed by atoms with E-state index in [1.54, 1.807) is 46.7 Å². The van der Waals surface area contributed by atoms with Crippen LogP contribution in [-0.2, 0) is 6.42 Å². The van der Waals surface area contributed by atoms with E-state index < -0.39 is 17.2 Å². The van der Waals surface area contributed by atoms with Gasteiger partial charge in [-0.05, 0) is 47.8 Å². The molecule has 0 saturated carbocycles. The number of nitrogens with zero attached hydrogens (tertiary/aromatic N) is 1. The molecule has 8 heteroatoms. The molecule has 0 radical (unpaired) electrons. The van der Waals surface area contributed by atoms with E-state index in [1.165, 1.54) is 12.3 Å². The van der Waals surface area contributed by atoms with Crippen molar-refractivity contribution in [2.45, 2.75) is 18.9 Å². The number of hydrogen-bond donors (Lipinski definition) is 2. The first kappa shape index (κ1) is 22.3. The fourth-order valence-corrected chi connectivity index (χ4v) is 4.15. The third-order valence-electron chi connectivity index (χ3n) is 5.01. The number of pyridine rings is 1. The number of carboxylic acids is 1. The summed E-state index contributed by atoms with van der Waals surface area (Å²) in [5.74, 6) is -1.08. The summed E-state index contributed by atoms with van der Waals surface area (Å²) in [7, 11) is 0. The average molecular weight is 450 g/mol. The predicted molar refractivity (Wildman–Crippen MR) is 119 cm³/mol. The van der Waals surface area contributed by atoms with Crippen molar-refractivity contribution in [3.05, 3.63) is 80.3 Å². The fourth-order valence-electron chi connectivity index (χ4n) is 3.44. The number of fused-ring (bicyclic) bond motifs is 1. The van der Waals surface area contributed by atoms with Gasteiger partial charge in [-0.1, -0.05) is 29.8 Å². The number of carbonyl (C=O) groups is 1. The highest BCUT2D eigenvalue weighted by Gasteiger charge is 2.19. The summed E-state index contributed by atoms with van der Waals surface area (Å²) < 4.78 is 15.9. The normalized spacial score (nSPS) is 12.3. The number of aromatic carboxylic acids is 1. The van der Waals surface area contributed by atoms with Crippen molar-refractivity contribution in [3.63, 3.8) is 0 Å². The van der Waals surface area contributed by atoms with Gasteiger partial charge < -0.3 is 14.8 Å². The van der Waals surface area contributed by atoms with E-state index in [0.29, 0.717) is 23.1 Å². The molecule has 0 aliphatic heterocycles. The second-order valence-corrected chi connectivity index (χ2v) is 8.34. The lowest BCUT2D eigenvalue weighted by atomic mass is 10.0. The largest absolute Gasteiger partial charge is 0.477 e. The van der Waals surface area contributed by atoms with Crippen molar-refractivity contribution in [2.24, 2.45) is 0 Å². The Hall–Kier alpha value is -2.35. The first-order valence-corrected chi connectivity index (χ1v) is 11.1. The van der Waals surface area contributed by atoms with Gasteiger partial charge in [-0.15, -0.1) is 0 Å². The molecule has 30 heavy (non-hydrogen) atoms. The summed E-state index contributed by atoms with van der Waals surface area (Å²) >= 11 is 7.47. The Morgan fingerprint density at radius 1 is 1.30 bits per heavy atom. The van der Waals surface area contributed by atoms with Crippen molar-refractivity contribution in [1.29, 1.82) is 0 Å². The summed E-state index contributed by atoms with van der Waals surface area (Å²) in [5.41, 5.74) is 0.588. The van der Waals surface area contributed by atoms with Gasteiger partial charge in [0.15, 0.2) is 0 Å². The first-order valence-electron chi connectivity index (χ1n) is 9.31. The number of aliphatic hydroxyl groups excluding tert-OH is 1. The van der Waals surface area contributed by atoms with Crippen LogP contribution in [0.25, 0.3) is 10.9 Å². The number of halogens is 2. The molecule has 0 spiro atoms. The van der Waals surface area contributed by atoms with Gasteiger partial charge in [0.2, 0.25) is 5.43 Å². The lowest BCUT2D eigenvalue weighted by Crippen LogP contribution is -2.23. The number of rotatable bonds is 8. The number of aromatic nitrogens is 1. The lowest BCUT2D eigenvalue weighted by molar-refractivity contribution is 0.0694. The zero-order chi connectivity index (χ0) is 21.8. The molecule has 2 aromatic carbocycles. The molecule has 0 unspecified atom stereocenters. The van der Waals surface area contributed by atoms with Crippen molar-refractivity contribution in [3.8, 4) is 0 Å². The lowest BCUT2D eigenvalue weighted by Gasteiger charge is -2.21. The molecule has 0 aliphatic rings. The molecule has 0 amide bonds. The van der Waals surface area contributed by atoms with Gasteiger partial charge in [-0.3, -0.25) is 4.79 Å². The van der Waals surface area contributed by atoms with Crippen LogP contribution in [0, 0.1) is 5.82 Å². The topological polar surface area (TPSA) is 79.5 Å². The molecule has 0 fully saturated rings. The van der Waals surface area contributed by atoms with E-state index in [0.717, 1.165) is 5.75 Å². The van der Waals surface area contributed by atoms with Crippen LogP contribution in [0.5, 0.6) is 0 Å². The minimum atomic E-state index is -1.33. The molecule has 5 nitrogen and oxygen atoms in total. The van der Waals surface area contributed by atoms with E-state index in [1.807, 2.05) is 6.26 Å². The quantitative estimate of drug-likeness (QED) is 0.533. The highest BCUT2D eigenvalue weighted by molar-refractivity contribution is 7.98. The first-order chi connectivity index (χ1) is 14.4. The number of benzene rings is 2. The van der Waals surface area contributed by atoms with Gasteiger partial charge >= 0.3 is 5.97 Å². The number of carboxylic acid groups (broad SMARTS) is 1. The van der Waals surface area contributed by atoms with Crippen LogP contribution in [0.4, 0.5) is 4.39 Å². The van der Waals surface area contributed by atoms with Crippen molar-refractivity contribution >= 4 is 40.2 Å². The average Bonchev–Trinajstić information content (AvgIpc) is 2.73. The molecular formula is C22H21ClFNO4S. The number of thioether (sulfide) groups is 1. The molecule has 1 aromatic heterocycles. The third kappa shape index (κ3) is 4.53. The molecular weight excluding hydrogens is 429 g/mol. The van der Waals surface area contributed by atoms with Crippen LogP contribution in [0.2, 0.25) is 5.02 Å². The second-order valence-electron chi connectivity index (χ2n) is 6.94. The van der Waals surface area contributed by atoms with E-state index in [9.17, 15) is 24.2 Å². The van der Waals surface area contributed by atoms with E-state index in [2.05, 4.69) is 0 Å². The Bertz CT molecular complexity index is 1150. The van der Waals surface area contributed by atoms with Crippen molar-refractivity contribution in [1.82, 2.24) is 4.57 Å². The maximum atomic E-state index is 14.3. The zero-order valence-corrected chi connectivity index (χ0v) is 17.8. The van der Waals surface area contributed by atoms with Crippen molar-refractivity contribution < 1.29 is 19.4 Å². The van der Waals surface area contributed by atoms with Crippen LogP contribution in [0.3, 0.4) is 0 Å². The standard InChI is InChI=1S/C22H21ClFNO4S/c1-30-8-7-15(12-26)25-11-17(22(28)29)21(27)16-10-13(5-6-19(16)25)9-14-3-2-4-18(23)20(14)24/h2-6,10-11,15,26H,7-9,12H2,1H3,(H,28,29)/t15-/m0/s1. The molecule has 3 rings (SSSR count). The summed E-state index contributed by atoms with van der Waals surface area (Å²) in [6, 6.07) is 9.42. The molecule has 0 aliphatic carbocycles. The Labute approximate surface area is 182 Å². The summed E-state index contributed by atoms with van der Waals surface area (Å²) in [6.45, 7) is -0.187. The molecule has 1 heterocycles. The minimum absolute atomic E-state index is 0.0170. The van der Waals surface area contributed by atoms with Crippen LogP contribution in [-0.4, -0.2) is 39.4 Å². The molecule has 1 atom stereocenters. The molecule has 158 valence electrons. The summed E-state index contributed by atoms with van der Waals surface area (Å²) in [4.78, 5) is 24.5. The molecule has 0 bridgehead atoms. The number of aliphatic hydroxyl groups is 1. The molecule has 3 aromatic rings. The second kappa shape index (κ2) is 9.64. The van der Waals surface area contributed by atoms with E-state index in [-0.39, 0.29) is 35.0 Å². The highest BCUT2D eigenvalue weighted by atomic mass is 35.5. The predicted octanol–water partition coefficient (Wildman–Crippen LogP) is 4.37. The maximum absolute atomic E-state index is 14.3. The Morgan fingerprint density at radius 2 is 2.07 bits per heavy atom. The van der Waals surface area contributed by atoms with Gasteiger partial charge in [0.05, 0.1) is 23.2 Å². The van der Waals surface area contributed by atoms with Crippen LogP contribution in [0.1, 0.15) is 33.9 Å². The smallest absolute Gasteiger partial charge is 0.341 e. The SMILES string of the molecule is CSCC[C@@H](CO)n1cc(C(=O)O)c(=O)c2cc(Cc3cccc(Cl)c3F)ccc21. The summed E-state index contributed by atoms with van der Waals surface area (Å²) in [5, 5.41) is 19.6. The van der Waals surface area contributed by atoms with Gasteiger partial charge in [0.25, 0.3) is 0 Å². The van der Waals surface area contributed by atoms with Crippen LogP contribution < -0.4 is 5.43 Å². The van der Waals surface area contributed by atoms with E-state index >= 15 is 0 Å². The fraction of sp³-hybridized carbons (Fsp3) is 0.273. The van der Waals surface area contributed by atoms with Gasteiger partial charge in [-0.25, -0.2) is 9.18 Å².